The van der Waals surface area contributed by atoms with Crippen LogP contribution in [0.4, 0.5) is 10.1 Å². The van der Waals surface area contributed by atoms with Crippen molar-refractivity contribution in [2.45, 2.75) is 45.1 Å². The van der Waals surface area contributed by atoms with E-state index in [-0.39, 0.29) is 37.2 Å². The van der Waals surface area contributed by atoms with Crippen molar-refractivity contribution < 1.29 is 14.2 Å². The van der Waals surface area contributed by atoms with E-state index in [1.807, 2.05) is 38.1 Å². The van der Waals surface area contributed by atoms with Gasteiger partial charge in [-0.05, 0) is 104 Å². The van der Waals surface area contributed by atoms with E-state index in [2.05, 4.69) is 29.2 Å². The number of aliphatic hydroxyl groups is 1. The summed E-state index contributed by atoms with van der Waals surface area (Å²) in [6, 6.07) is 19.3. The average molecular weight is 536 g/mol. The Morgan fingerprint density at radius 2 is 1.50 bits per heavy atom. The first-order chi connectivity index (χ1) is 16.4. The Labute approximate surface area is 226 Å². The van der Waals surface area contributed by atoms with Crippen molar-refractivity contribution in [1.29, 1.82) is 0 Å². The molecular formula is C29H37Cl2FN2O2. The molecule has 0 unspecified atom stereocenters. The maximum absolute atomic E-state index is 13.1. The number of anilines is 1. The minimum atomic E-state index is -0.528. The number of nitrogens with two attached hydrogens (primary N) is 1. The highest BCUT2D eigenvalue weighted by Crippen LogP contribution is 2.29. The van der Waals surface area contributed by atoms with Gasteiger partial charge in [-0.2, -0.15) is 0 Å². The highest BCUT2D eigenvalue weighted by molar-refractivity contribution is 5.85. The molecular weight excluding hydrogens is 498 g/mol. The molecule has 0 aromatic heterocycles. The van der Waals surface area contributed by atoms with Crippen LogP contribution in [0.5, 0.6) is 5.75 Å². The molecule has 0 bridgehead atoms. The van der Waals surface area contributed by atoms with Crippen molar-refractivity contribution in [1.82, 2.24) is 4.90 Å². The number of likely N-dealkylation sites (tertiary alicyclic amines) is 1. The van der Waals surface area contributed by atoms with Gasteiger partial charge in [0.05, 0.1) is 0 Å². The quantitative estimate of drug-likeness (QED) is 0.344. The molecule has 0 saturated carbocycles. The number of hydrogen-bond acceptors (Lipinski definition) is 4. The number of aliphatic hydroxyl groups excluding tert-OH is 1. The molecule has 4 nitrogen and oxygen atoms in total. The predicted molar refractivity (Wildman–Crippen MR) is 150 cm³/mol. The fraction of sp³-hybridized carbons (Fsp3) is 0.379. The Morgan fingerprint density at radius 3 is 2.11 bits per heavy atom. The maximum atomic E-state index is 13.1. The summed E-state index contributed by atoms with van der Waals surface area (Å²) < 4.78 is 19.0. The summed E-state index contributed by atoms with van der Waals surface area (Å²) in [5.41, 5.74) is 12.5. The number of benzene rings is 3. The molecule has 1 atom stereocenters. The number of rotatable bonds is 8. The standard InChI is InChI=1S/C29H35FN2O2.2ClH/c1-20-21(2)29(12-11-28(20)31)34-19-27(33)18-32-15-13-25(14-16-32)24-7-3-22(4-8-24)17-23-5-9-26(30)10-6-23;;/h3-12,25,27,33H,13-19,31H2,1-2H3;2*1H/t27-;;/m0../s1. The molecule has 3 N–H and O–H groups in total. The van der Waals surface area contributed by atoms with Crippen LogP contribution in [0.3, 0.4) is 0 Å². The molecule has 3 aromatic rings. The molecule has 1 heterocycles. The Hall–Kier alpha value is -2.31. The van der Waals surface area contributed by atoms with Crippen LogP contribution in [0.25, 0.3) is 0 Å². The summed E-state index contributed by atoms with van der Waals surface area (Å²) in [6.45, 7) is 6.82. The van der Waals surface area contributed by atoms with Gasteiger partial charge in [-0.15, -0.1) is 24.8 Å². The van der Waals surface area contributed by atoms with Gasteiger partial charge in [0.2, 0.25) is 0 Å². The first kappa shape index (κ1) is 29.9. The summed E-state index contributed by atoms with van der Waals surface area (Å²) in [6.07, 6.45) is 2.45. The van der Waals surface area contributed by atoms with Crippen LogP contribution >= 0.6 is 24.8 Å². The number of halogens is 3. The number of nitrogen functional groups attached to an aromatic ring is 1. The van der Waals surface area contributed by atoms with Crippen molar-refractivity contribution in [3.63, 3.8) is 0 Å². The zero-order valence-electron chi connectivity index (χ0n) is 21.0. The number of nitrogens with zero attached hydrogens (tertiary/aromatic N) is 1. The lowest BCUT2D eigenvalue weighted by Gasteiger charge is -2.33. The van der Waals surface area contributed by atoms with Gasteiger partial charge in [-0.3, -0.25) is 0 Å². The van der Waals surface area contributed by atoms with E-state index < -0.39 is 6.10 Å². The minimum Gasteiger partial charge on any atom is -0.491 e. The molecule has 0 radical (unpaired) electrons. The third-order valence-corrected chi connectivity index (χ3v) is 7.04. The SMILES string of the molecule is Cc1c(N)ccc(OC[C@@H](O)CN2CCC(c3ccc(Cc4ccc(F)cc4)cc3)CC2)c1C.Cl.Cl. The highest BCUT2D eigenvalue weighted by Gasteiger charge is 2.22. The average Bonchev–Trinajstić information content (AvgIpc) is 2.84. The fourth-order valence-electron chi connectivity index (χ4n) is 4.70. The van der Waals surface area contributed by atoms with Crippen LogP contribution in [0.15, 0.2) is 60.7 Å². The summed E-state index contributed by atoms with van der Waals surface area (Å²) in [7, 11) is 0. The van der Waals surface area contributed by atoms with Gasteiger partial charge in [0.25, 0.3) is 0 Å². The second kappa shape index (κ2) is 13.8. The molecule has 7 heteroatoms. The first-order valence-corrected chi connectivity index (χ1v) is 12.1. The highest BCUT2D eigenvalue weighted by atomic mass is 35.5. The van der Waals surface area contributed by atoms with E-state index in [1.54, 1.807) is 0 Å². The van der Waals surface area contributed by atoms with Gasteiger partial charge in [0, 0.05) is 12.2 Å². The molecule has 196 valence electrons. The number of piperidine rings is 1. The molecule has 1 saturated heterocycles. The minimum absolute atomic E-state index is 0. The molecule has 1 aliphatic heterocycles. The van der Waals surface area contributed by atoms with Crippen molar-refractivity contribution in [3.8, 4) is 5.75 Å². The van der Waals surface area contributed by atoms with E-state index in [4.69, 9.17) is 10.5 Å². The lowest BCUT2D eigenvalue weighted by molar-refractivity contribution is 0.0592. The lowest BCUT2D eigenvalue weighted by Crippen LogP contribution is -2.40. The molecule has 1 aliphatic rings. The van der Waals surface area contributed by atoms with Crippen molar-refractivity contribution >= 4 is 30.5 Å². The number of ether oxygens (including phenoxy) is 1. The largest absolute Gasteiger partial charge is 0.491 e. The van der Waals surface area contributed by atoms with E-state index in [1.165, 1.54) is 23.3 Å². The number of β-amino-alcohol motifs (C(OH)–C–C–N with tert-alkyl or cyclic N) is 1. The molecule has 4 rings (SSSR count). The first-order valence-electron chi connectivity index (χ1n) is 12.1. The fourth-order valence-corrected chi connectivity index (χ4v) is 4.70. The van der Waals surface area contributed by atoms with E-state index in [0.717, 1.165) is 60.5 Å². The molecule has 0 aliphatic carbocycles. The normalized spacial score (nSPS) is 15.0. The van der Waals surface area contributed by atoms with Gasteiger partial charge >= 0.3 is 0 Å². The van der Waals surface area contributed by atoms with Crippen LogP contribution in [-0.4, -0.2) is 42.4 Å². The van der Waals surface area contributed by atoms with Gasteiger partial charge in [-0.25, -0.2) is 4.39 Å². The van der Waals surface area contributed by atoms with E-state index in [9.17, 15) is 9.50 Å². The summed E-state index contributed by atoms with van der Waals surface area (Å²) in [5, 5.41) is 10.5. The van der Waals surface area contributed by atoms with Crippen LogP contribution in [0, 0.1) is 19.7 Å². The topological polar surface area (TPSA) is 58.7 Å². The smallest absolute Gasteiger partial charge is 0.123 e. The van der Waals surface area contributed by atoms with Crippen molar-refractivity contribution in [2.24, 2.45) is 0 Å². The Morgan fingerprint density at radius 1 is 0.917 bits per heavy atom. The van der Waals surface area contributed by atoms with Gasteiger partial charge in [0.1, 0.15) is 24.3 Å². The Balaban J connectivity index is 0.00000228. The Kier molecular flexibility index (Phi) is 11.5. The zero-order valence-corrected chi connectivity index (χ0v) is 22.6. The third kappa shape index (κ3) is 7.84. The van der Waals surface area contributed by atoms with Crippen molar-refractivity contribution in [3.05, 3.63) is 94.3 Å². The van der Waals surface area contributed by atoms with Gasteiger partial charge in [-0.1, -0.05) is 36.4 Å². The van der Waals surface area contributed by atoms with Crippen LogP contribution < -0.4 is 10.5 Å². The van der Waals surface area contributed by atoms with Crippen LogP contribution in [0.2, 0.25) is 0 Å². The van der Waals surface area contributed by atoms with E-state index >= 15 is 0 Å². The lowest BCUT2D eigenvalue weighted by atomic mass is 9.88. The summed E-state index contributed by atoms with van der Waals surface area (Å²) in [5.74, 6) is 1.13. The van der Waals surface area contributed by atoms with Crippen LogP contribution in [0.1, 0.15) is 46.6 Å². The van der Waals surface area contributed by atoms with Gasteiger partial charge < -0.3 is 20.5 Å². The molecule has 0 amide bonds. The second-order valence-corrected chi connectivity index (χ2v) is 9.49. The summed E-state index contributed by atoms with van der Waals surface area (Å²) >= 11 is 0. The monoisotopic (exact) mass is 534 g/mol. The van der Waals surface area contributed by atoms with Crippen LogP contribution in [-0.2, 0) is 6.42 Å². The predicted octanol–water partition coefficient (Wildman–Crippen LogP) is 6.08. The third-order valence-electron chi connectivity index (χ3n) is 7.04. The number of hydrogen-bond donors (Lipinski definition) is 2. The second-order valence-electron chi connectivity index (χ2n) is 9.49. The molecule has 3 aromatic carbocycles. The zero-order chi connectivity index (χ0) is 24.1. The van der Waals surface area contributed by atoms with Crippen molar-refractivity contribution in [2.75, 3.05) is 32.0 Å². The maximum Gasteiger partial charge on any atom is 0.123 e. The molecule has 1 fully saturated rings. The summed E-state index contributed by atoms with van der Waals surface area (Å²) in [4.78, 5) is 2.33. The van der Waals surface area contributed by atoms with Gasteiger partial charge in [0.15, 0.2) is 0 Å². The van der Waals surface area contributed by atoms with E-state index in [0.29, 0.717) is 12.5 Å². The molecule has 36 heavy (non-hydrogen) atoms. The Bertz CT molecular complexity index is 1090. The molecule has 0 spiro atoms.